The van der Waals surface area contributed by atoms with Crippen LogP contribution in [0.2, 0.25) is 0 Å². The van der Waals surface area contributed by atoms with Crippen molar-refractivity contribution < 1.29 is 9.72 Å². The van der Waals surface area contributed by atoms with E-state index in [1.807, 2.05) is 0 Å². The fourth-order valence-corrected chi connectivity index (χ4v) is 3.43. The lowest BCUT2D eigenvalue weighted by Crippen LogP contribution is -2.12. The molecule has 0 aliphatic carbocycles. The summed E-state index contributed by atoms with van der Waals surface area (Å²) in [5.74, 6) is 0.280. The minimum absolute atomic E-state index is 0.0783. The van der Waals surface area contributed by atoms with Crippen LogP contribution in [0.25, 0.3) is 0 Å². The molecule has 0 bridgehead atoms. The van der Waals surface area contributed by atoms with Crippen molar-refractivity contribution >= 4 is 17.4 Å². The number of amides is 1. The number of hydrogen-bond acceptors (Lipinski definition) is 4. The molecule has 1 amide bonds. The minimum Gasteiger partial charge on any atom is -0.311 e. The lowest BCUT2D eigenvalue weighted by atomic mass is 10.0. The highest BCUT2D eigenvalue weighted by molar-refractivity contribution is 5.89. The van der Waals surface area contributed by atoms with Gasteiger partial charge in [-0.05, 0) is 12.5 Å². The summed E-state index contributed by atoms with van der Waals surface area (Å²) in [5, 5.41) is 13.3. The molecule has 0 aliphatic heterocycles. The van der Waals surface area contributed by atoms with Crippen molar-refractivity contribution in [3.8, 4) is 0 Å². The van der Waals surface area contributed by atoms with E-state index in [4.69, 9.17) is 0 Å². The summed E-state index contributed by atoms with van der Waals surface area (Å²) in [7, 11) is 0. The Kier molecular flexibility index (Phi) is 14.6. The molecule has 6 nitrogen and oxygen atoms in total. The Labute approximate surface area is 176 Å². The first-order valence-electron chi connectivity index (χ1n) is 11.5. The Morgan fingerprint density at radius 2 is 1.34 bits per heavy atom. The van der Waals surface area contributed by atoms with Crippen LogP contribution in [-0.4, -0.2) is 15.8 Å². The van der Waals surface area contributed by atoms with Gasteiger partial charge in [0.25, 0.3) is 5.69 Å². The molecule has 0 spiro atoms. The third-order valence-corrected chi connectivity index (χ3v) is 5.23. The van der Waals surface area contributed by atoms with Crippen LogP contribution in [0.5, 0.6) is 0 Å². The molecule has 0 fully saturated rings. The third kappa shape index (κ3) is 13.8. The second-order valence-electron chi connectivity index (χ2n) is 7.91. The summed E-state index contributed by atoms with van der Waals surface area (Å²) in [6, 6.07) is 2.80. The topological polar surface area (TPSA) is 85.1 Å². The number of hydrogen-bond donors (Lipinski definition) is 1. The Balaban J connectivity index is 1.88. The first kappa shape index (κ1) is 25.1. The van der Waals surface area contributed by atoms with Crippen LogP contribution in [0.1, 0.15) is 110 Å². The lowest BCUT2D eigenvalue weighted by Gasteiger charge is -2.05. The Bertz CT molecular complexity index is 561. The van der Waals surface area contributed by atoms with E-state index in [0.29, 0.717) is 12.2 Å². The molecular formula is C23H39N3O3. The highest BCUT2D eigenvalue weighted by atomic mass is 16.6. The van der Waals surface area contributed by atoms with Crippen LogP contribution in [0.15, 0.2) is 18.3 Å². The summed E-state index contributed by atoms with van der Waals surface area (Å²) in [6.45, 7) is 2.26. The molecule has 6 heteroatoms. The molecule has 1 aromatic rings. The SMILES string of the molecule is CCCCCCCCCCCCCCCCCC(=O)Nc1ccc([N+](=O)[O-])cn1. The highest BCUT2D eigenvalue weighted by Crippen LogP contribution is 2.15. The predicted molar refractivity (Wildman–Crippen MR) is 119 cm³/mol. The van der Waals surface area contributed by atoms with Gasteiger partial charge >= 0.3 is 0 Å². The number of aromatic nitrogens is 1. The van der Waals surface area contributed by atoms with Gasteiger partial charge in [0.15, 0.2) is 0 Å². The second kappa shape index (κ2) is 16.9. The smallest absolute Gasteiger partial charge is 0.287 e. The molecule has 29 heavy (non-hydrogen) atoms. The maximum atomic E-state index is 11.9. The standard InChI is InChI=1S/C23H39N3O3/c1-2-3-4-5-6-7-8-9-10-11-12-13-14-15-16-17-23(27)25-22-19-18-21(20-24-22)26(28)29/h18-20H,2-17H2,1H3,(H,24,25,27). The number of unbranched alkanes of at least 4 members (excludes halogenated alkanes) is 14. The average Bonchev–Trinajstić information content (AvgIpc) is 2.71. The van der Waals surface area contributed by atoms with E-state index in [0.717, 1.165) is 19.0 Å². The molecule has 1 aromatic heterocycles. The Morgan fingerprint density at radius 3 is 1.76 bits per heavy atom. The summed E-state index contributed by atoms with van der Waals surface area (Å²) < 4.78 is 0. The number of rotatable bonds is 18. The van der Waals surface area contributed by atoms with Crippen molar-refractivity contribution in [2.45, 2.75) is 110 Å². The van der Waals surface area contributed by atoms with Gasteiger partial charge in [-0.2, -0.15) is 0 Å². The fourth-order valence-electron chi connectivity index (χ4n) is 3.43. The monoisotopic (exact) mass is 405 g/mol. The number of carbonyl (C=O) groups excluding carboxylic acids is 1. The van der Waals surface area contributed by atoms with Crippen LogP contribution in [0.3, 0.4) is 0 Å². The van der Waals surface area contributed by atoms with Gasteiger partial charge in [-0.1, -0.05) is 96.8 Å². The number of carbonyl (C=O) groups is 1. The van der Waals surface area contributed by atoms with Crippen molar-refractivity contribution in [2.24, 2.45) is 0 Å². The van der Waals surface area contributed by atoms with E-state index < -0.39 is 4.92 Å². The van der Waals surface area contributed by atoms with Crippen molar-refractivity contribution in [2.75, 3.05) is 5.32 Å². The van der Waals surface area contributed by atoms with E-state index in [2.05, 4.69) is 17.2 Å². The molecule has 0 saturated carbocycles. The van der Waals surface area contributed by atoms with Crippen LogP contribution in [-0.2, 0) is 4.79 Å². The van der Waals surface area contributed by atoms with Gasteiger partial charge in [-0.3, -0.25) is 14.9 Å². The molecule has 164 valence electrons. The van der Waals surface area contributed by atoms with Crippen molar-refractivity contribution in [3.63, 3.8) is 0 Å². The predicted octanol–water partition coefficient (Wildman–Crippen LogP) is 7.19. The molecule has 0 unspecified atom stereocenters. The van der Waals surface area contributed by atoms with E-state index in [-0.39, 0.29) is 11.6 Å². The molecule has 1 rings (SSSR count). The van der Waals surface area contributed by atoms with Gasteiger partial charge in [0.2, 0.25) is 5.91 Å². The van der Waals surface area contributed by atoms with Crippen LogP contribution in [0, 0.1) is 10.1 Å². The fraction of sp³-hybridized carbons (Fsp3) is 0.739. The van der Waals surface area contributed by atoms with Crippen LogP contribution < -0.4 is 5.32 Å². The van der Waals surface area contributed by atoms with Gasteiger partial charge < -0.3 is 5.32 Å². The molecule has 0 aromatic carbocycles. The average molecular weight is 406 g/mol. The highest BCUT2D eigenvalue weighted by Gasteiger charge is 2.07. The largest absolute Gasteiger partial charge is 0.311 e. The van der Waals surface area contributed by atoms with Crippen molar-refractivity contribution in [1.82, 2.24) is 4.98 Å². The van der Waals surface area contributed by atoms with Gasteiger partial charge in [-0.15, -0.1) is 0 Å². The molecule has 0 saturated heterocycles. The van der Waals surface area contributed by atoms with E-state index in [1.54, 1.807) is 0 Å². The molecule has 0 atom stereocenters. The summed E-state index contributed by atoms with van der Waals surface area (Å²) in [6.07, 6.45) is 21.1. The lowest BCUT2D eigenvalue weighted by molar-refractivity contribution is -0.385. The van der Waals surface area contributed by atoms with Crippen LogP contribution in [0.4, 0.5) is 11.5 Å². The molecule has 1 N–H and O–H groups in total. The summed E-state index contributed by atoms with van der Waals surface area (Å²) in [4.78, 5) is 25.8. The van der Waals surface area contributed by atoms with Gasteiger partial charge in [-0.25, -0.2) is 4.98 Å². The summed E-state index contributed by atoms with van der Waals surface area (Å²) in [5.41, 5.74) is -0.0783. The third-order valence-electron chi connectivity index (χ3n) is 5.23. The second-order valence-corrected chi connectivity index (χ2v) is 7.91. The van der Waals surface area contributed by atoms with E-state index in [9.17, 15) is 14.9 Å². The van der Waals surface area contributed by atoms with E-state index >= 15 is 0 Å². The Hall–Kier alpha value is -1.98. The normalized spacial score (nSPS) is 10.8. The number of nitro groups is 1. The van der Waals surface area contributed by atoms with Crippen molar-refractivity contribution in [3.05, 3.63) is 28.4 Å². The molecule has 0 aliphatic rings. The number of anilines is 1. The molecule has 0 radical (unpaired) electrons. The molecular weight excluding hydrogens is 366 g/mol. The summed E-state index contributed by atoms with van der Waals surface area (Å²) >= 11 is 0. The number of nitrogens with one attached hydrogen (secondary N) is 1. The first-order valence-corrected chi connectivity index (χ1v) is 11.5. The van der Waals surface area contributed by atoms with E-state index in [1.165, 1.54) is 95.6 Å². The zero-order valence-corrected chi connectivity index (χ0v) is 18.2. The quantitative estimate of drug-likeness (QED) is 0.159. The number of nitrogens with zero attached hydrogens (tertiary/aromatic N) is 2. The Morgan fingerprint density at radius 1 is 0.862 bits per heavy atom. The maximum absolute atomic E-state index is 11.9. The van der Waals surface area contributed by atoms with Gasteiger partial charge in [0.05, 0.1) is 4.92 Å². The van der Waals surface area contributed by atoms with Gasteiger partial charge in [0, 0.05) is 12.5 Å². The molecule has 1 heterocycles. The zero-order chi connectivity index (χ0) is 21.2. The zero-order valence-electron chi connectivity index (χ0n) is 18.2. The van der Waals surface area contributed by atoms with Crippen molar-refractivity contribution in [1.29, 1.82) is 0 Å². The maximum Gasteiger partial charge on any atom is 0.287 e. The van der Waals surface area contributed by atoms with Crippen LogP contribution >= 0.6 is 0 Å². The number of pyridine rings is 1. The first-order chi connectivity index (χ1) is 14.1. The van der Waals surface area contributed by atoms with Gasteiger partial charge in [0.1, 0.15) is 12.0 Å². The minimum atomic E-state index is -0.506.